The van der Waals surface area contributed by atoms with E-state index in [1.807, 2.05) is 19.1 Å². The molecule has 0 fully saturated rings. The molecule has 0 saturated heterocycles. The molecule has 2 aromatic rings. The molecule has 0 atom stereocenters. The maximum atomic E-state index is 11.1. The fourth-order valence-corrected chi connectivity index (χ4v) is 2.15. The molecule has 0 bridgehead atoms. The van der Waals surface area contributed by atoms with Crippen molar-refractivity contribution in [3.63, 3.8) is 0 Å². The fourth-order valence-electron chi connectivity index (χ4n) is 1.89. The summed E-state index contributed by atoms with van der Waals surface area (Å²) in [5.74, 6) is -0.990. The quantitative estimate of drug-likeness (QED) is 0.808. The first-order valence-corrected chi connectivity index (χ1v) is 4.88. The van der Waals surface area contributed by atoms with E-state index in [2.05, 4.69) is 0 Å². The molecule has 0 unspecified atom stereocenters. The second-order valence-corrected chi connectivity index (χ2v) is 3.86. The molecule has 78 valence electrons. The van der Waals surface area contributed by atoms with Crippen LogP contribution in [0.25, 0.3) is 10.9 Å². The van der Waals surface area contributed by atoms with Crippen LogP contribution >= 0.6 is 11.6 Å². The number of aromatic carboxylic acids is 1. The van der Waals surface area contributed by atoms with Gasteiger partial charge in [0.25, 0.3) is 0 Å². The Kier molecular flexibility index (Phi) is 2.20. The Morgan fingerprint density at radius 1 is 1.47 bits per heavy atom. The van der Waals surface area contributed by atoms with E-state index in [1.165, 1.54) is 0 Å². The number of rotatable bonds is 1. The van der Waals surface area contributed by atoms with Crippen molar-refractivity contribution in [3.8, 4) is 0 Å². The Balaban J connectivity index is 3.00. The highest BCUT2D eigenvalue weighted by Crippen LogP contribution is 2.30. The van der Waals surface area contributed by atoms with Gasteiger partial charge in [0.05, 0.1) is 5.52 Å². The maximum Gasteiger partial charge on any atom is 0.339 e. The van der Waals surface area contributed by atoms with Gasteiger partial charge in [-0.15, -0.1) is 0 Å². The van der Waals surface area contributed by atoms with E-state index in [9.17, 15) is 4.79 Å². The smallest absolute Gasteiger partial charge is 0.339 e. The minimum atomic E-state index is -0.990. The van der Waals surface area contributed by atoms with Crippen LogP contribution in [0.2, 0.25) is 5.15 Å². The van der Waals surface area contributed by atoms with Gasteiger partial charge in [-0.25, -0.2) is 4.79 Å². The van der Waals surface area contributed by atoms with E-state index in [1.54, 1.807) is 17.7 Å². The third-order valence-corrected chi connectivity index (χ3v) is 3.00. The van der Waals surface area contributed by atoms with Gasteiger partial charge in [0.1, 0.15) is 10.7 Å². The number of para-hydroxylation sites is 1. The van der Waals surface area contributed by atoms with Crippen LogP contribution in [-0.4, -0.2) is 15.6 Å². The van der Waals surface area contributed by atoms with E-state index in [0.29, 0.717) is 5.39 Å². The first-order chi connectivity index (χ1) is 7.04. The van der Waals surface area contributed by atoms with E-state index in [0.717, 1.165) is 11.1 Å². The summed E-state index contributed by atoms with van der Waals surface area (Å²) in [6.07, 6.45) is 0. The van der Waals surface area contributed by atoms with Crippen LogP contribution in [0.1, 0.15) is 15.9 Å². The van der Waals surface area contributed by atoms with Crippen LogP contribution in [0.5, 0.6) is 0 Å². The third kappa shape index (κ3) is 1.31. The zero-order valence-electron chi connectivity index (χ0n) is 8.41. The normalized spacial score (nSPS) is 10.9. The molecule has 0 radical (unpaired) electrons. The molecule has 4 heteroatoms. The van der Waals surface area contributed by atoms with Crippen LogP contribution in [-0.2, 0) is 7.05 Å². The van der Waals surface area contributed by atoms with Gasteiger partial charge in [0.15, 0.2) is 0 Å². The minimum absolute atomic E-state index is 0.179. The lowest BCUT2D eigenvalue weighted by atomic mass is 10.1. The molecule has 15 heavy (non-hydrogen) atoms. The highest BCUT2D eigenvalue weighted by Gasteiger charge is 2.19. The Morgan fingerprint density at radius 2 is 2.13 bits per heavy atom. The molecule has 3 nitrogen and oxygen atoms in total. The molecule has 0 aliphatic heterocycles. The highest BCUT2D eigenvalue weighted by atomic mass is 35.5. The highest BCUT2D eigenvalue weighted by molar-refractivity contribution is 6.35. The third-order valence-electron chi connectivity index (χ3n) is 2.56. The molecule has 1 aromatic heterocycles. The number of nitrogens with zero attached hydrogens (tertiary/aromatic N) is 1. The Labute approximate surface area is 91.9 Å². The van der Waals surface area contributed by atoms with Crippen molar-refractivity contribution in [1.82, 2.24) is 4.57 Å². The summed E-state index contributed by atoms with van der Waals surface area (Å²) in [5, 5.41) is 10.0. The second-order valence-electron chi connectivity index (χ2n) is 3.50. The molecular weight excluding hydrogens is 214 g/mol. The second kappa shape index (κ2) is 3.28. The van der Waals surface area contributed by atoms with Crippen LogP contribution in [0.15, 0.2) is 18.2 Å². The zero-order valence-corrected chi connectivity index (χ0v) is 9.17. The molecule has 0 aliphatic rings. The monoisotopic (exact) mass is 223 g/mol. The minimum Gasteiger partial charge on any atom is -0.478 e. The van der Waals surface area contributed by atoms with Gasteiger partial charge in [-0.2, -0.15) is 0 Å². The summed E-state index contributed by atoms with van der Waals surface area (Å²) < 4.78 is 1.70. The standard InChI is InChI=1S/C11H10ClNO2/c1-6-4-3-5-7-8(11(14)15)10(12)13(2)9(6)7/h3-5H,1-2H3,(H,14,15). The van der Waals surface area contributed by atoms with Crippen molar-refractivity contribution in [2.24, 2.45) is 7.05 Å². The molecule has 1 N–H and O–H groups in total. The lowest BCUT2D eigenvalue weighted by Gasteiger charge is -2.00. The Bertz CT molecular complexity index is 557. The molecule has 1 heterocycles. The number of hydrogen-bond donors (Lipinski definition) is 1. The van der Waals surface area contributed by atoms with Gasteiger partial charge in [0.2, 0.25) is 0 Å². The number of aryl methyl sites for hydroxylation is 2. The number of aromatic nitrogens is 1. The number of hydrogen-bond acceptors (Lipinski definition) is 1. The molecule has 1 aromatic carbocycles. The van der Waals surface area contributed by atoms with Crippen molar-refractivity contribution in [2.75, 3.05) is 0 Å². The van der Waals surface area contributed by atoms with E-state index < -0.39 is 5.97 Å². The van der Waals surface area contributed by atoms with Crippen molar-refractivity contribution in [3.05, 3.63) is 34.5 Å². The van der Waals surface area contributed by atoms with Gasteiger partial charge < -0.3 is 9.67 Å². The van der Waals surface area contributed by atoms with Crippen LogP contribution < -0.4 is 0 Å². The van der Waals surface area contributed by atoms with Crippen molar-refractivity contribution in [1.29, 1.82) is 0 Å². The SMILES string of the molecule is Cc1cccc2c(C(=O)O)c(Cl)n(C)c12. The van der Waals surface area contributed by atoms with E-state index >= 15 is 0 Å². The first kappa shape index (κ1) is 10.1. The number of halogens is 1. The summed E-state index contributed by atoms with van der Waals surface area (Å²) in [5.41, 5.74) is 2.07. The number of carboxylic acid groups (broad SMARTS) is 1. The molecule has 0 amide bonds. The number of fused-ring (bicyclic) bond motifs is 1. The lowest BCUT2D eigenvalue weighted by molar-refractivity contribution is 0.0699. The van der Waals surface area contributed by atoms with Gasteiger partial charge in [0, 0.05) is 12.4 Å². The summed E-state index contributed by atoms with van der Waals surface area (Å²) in [7, 11) is 1.77. The van der Waals surface area contributed by atoms with Gasteiger partial charge in [-0.3, -0.25) is 0 Å². The van der Waals surface area contributed by atoms with Crippen LogP contribution in [0, 0.1) is 6.92 Å². The summed E-state index contributed by atoms with van der Waals surface area (Å²) in [4.78, 5) is 11.1. The summed E-state index contributed by atoms with van der Waals surface area (Å²) in [6, 6.07) is 5.54. The average Bonchev–Trinajstić information content (AvgIpc) is 2.41. The summed E-state index contributed by atoms with van der Waals surface area (Å²) in [6.45, 7) is 1.93. The van der Waals surface area contributed by atoms with Crippen LogP contribution in [0.4, 0.5) is 0 Å². The molecule has 2 rings (SSSR count). The van der Waals surface area contributed by atoms with Crippen molar-refractivity contribution >= 4 is 28.5 Å². The van der Waals surface area contributed by atoms with Gasteiger partial charge in [-0.1, -0.05) is 29.8 Å². The topological polar surface area (TPSA) is 42.2 Å². The number of carbonyl (C=O) groups is 1. The summed E-state index contributed by atoms with van der Waals surface area (Å²) >= 11 is 5.99. The largest absolute Gasteiger partial charge is 0.478 e. The molecule has 0 spiro atoms. The zero-order chi connectivity index (χ0) is 11.2. The van der Waals surface area contributed by atoms with Crippen LogP contribution in [0.3, 0.4) is 0 Å². The molecule has 0 saturated carbocycles. The first-order valence-electron chi connectivity index (χ1n) is 4.51. The number of carboxylic acids is 1. The molecular formula is C11H10ClNO2. The Morgan fingerprint density at radius 3 is 2.73 bits per heavy atom. The van der Waals surface area contributed by atoms with Crippen molar-refractivity contribution < 1.29 is 9.90 Å². The average molecular weight is 224 g/mol. The predicted octanol–water partition coefficient (Wildman–Crippen LogP) is 2.84. The van der Waals surface area contributed by atoms with Crippen molar-refractivity contribution in [2.45, 2.75) is 6.92 Å². The predicted molar refractivity (Wildman–Crippen MR) is 59.6 cm³/mol. The number of benzene rings is 1. The molecule has 0 aliphatic carbocycles. The van der Waals surface area contributed by atoms with Gasteiger partial charge >= 0.3 is 5.97 Å². The van der Waals surface area contributed by atoms with E-state index in [4.69, 9.17) is 16.7 Å². The lowest BCUT2D eigenvalue weighted by Crippen LogP contribution is -1.96. The fraction of sp³-hybridized carbons (Fsp3) is 0.182. The Hall–Kier alpha value is -1.48. The van der Waals surface area contributed by atoms with Gasteiger partial charge in [-0.05, 0) is 12.5 Å². The maximum absolute atomic E-state index is 11.1. The van der Waals surface area contributed by atoms with E-state index in [-0.39, 0.29) is 10.7 Å².